The average molecular weight is 324 g/mol. The Bertz CT molecular complexity index is 769. The summed E-state index contributed by atoms with van der Waals surface area (Å²) in [4.78, 5) is 28.9. The summed E-state index contributed by atoms with van der Waals surface area (Å²) in [6.07, 6.45) is 2.75. The number of carbonyl (C=O) groups is 2. The fourth-order valence-corrected chi connectivity index (χ4v) is 3.78. The molecule has 2 aromatic rings. The second-order valence-corrected chi connectivity index (χ2v) is 6.64. The first-order chi connectivity index (χ1) is 11.6. The molecule has 2 aliphatic heterocycles. The predicted octanol–water partition coefficient (Wildman–Crippen LogP) is 2.61. The third-order valence-corrected chi connectivity index (χ3v) is 4.94. The zero-order valence-electron chi connectivity index (χ0n) is 13.6. The van der Waals surface area contributed by atoms with Gasteiger partial charge in [-0.25, -0.2) is 0 Å². The Morgan fingerprint density at radius 1 is 1.21 bits per heavy atom. The average Bonchev–Trinajstić information content (AvgIpc) is 3.26. The minimum Gasteiger partial charge on any atom is -0.467 e. The Hall–Kier alpha value is -2.56. The molecule has 0 radical (unpaired) electrons. The van der Waals surface area contributed by atoms with E-state index in [9.17, 15) is 9.59 Å². The first kappa shape index (κ1) is 15.0. The smallest absolute Gasteiger partial charge is 0.232 e. The molecule has 2 amide bonds. The van der Waals surface area contributed by atoms with Crippen molar-refractivity contribution in [1.82, 2.24) is 4.90 Å². The molecule has 4 rings (SSSR count). The van der Waals surface area contributed by atoms with Crippen molar-refractivity contribution in [1.29, 1.82) is 0 Å². The van der Waals surface area contributed by atoms with Crippen molar-refractivity contribution in [2.24, 2.45) is 5.92 Å². The molecular formula is C19H20N2O3. The number of hydrogen-bond donors (Lipinski definition) is 0. The molecule has 0 bridgehead atoms. The molecule has 0 N–H and O–H groups in total. The van der Waals surface area contributed by atoms with Gasteiger partial charge in [0.2, 0.25) is 11.8 Å². The largest absolute Gasteiger partial charge is 0.467 e. The van der Waals surface area contributed by atoms with Gasteiger partial charge in [0.05, 0.1) is 18.7 Å². The number of rotatable bonds is 3. The van der Waals surface area contributed by atoms with E-state index in [4.69, 9.17) is 4.42 Å². The lowest BCUT2D eigenvalue weighted by molar-refractivity contribution is -0.129. The highest BCUT2D eigenvalue weighted by Crippen LogP contribution is 2.34. The van der Waals surface area contributed by atoms with Crippen LogP contribution in [0.25, 0.3) is 0 Å². The molecule has 0 saturated carbocycles. The highest BCUT2D eigenvalue weighted by Gasteiger charge is 2.40. The summed E-state index contributed by atoms with van der Waals surface area (Å²) in [5.41, 5.74) is 2.20. The predicted molar refractivity (Wildman–Crippen MR) is 89.3 cm³/mol. The lowest BCUT2D eigenvalue weighted by atomic mass is 10.1. The van der Waals surface area contributed by atoms with E-state index < -0.39 is 0 Å². The zero-order chi connectivity index (χ0) is 16.7. The highest BCUT2D eigenvalue weighted by atomic mass is 16.3. The third kappa shape index (κ3) is 2.50. The molecule has 2 aliphatic rings. The first-order valence-electron chi connectivity index (χ1n) is 8.34. The highest BCUT2D eigenvalue weighted by molar-refractivity contribution is 6.01. The molecule has 1 saturated heterocycles. The van der Waals surface area contributed by atoms with Crippen LogP contribution in [0.3, 0.4) is 0 Å². The fourth-order valence-electron chi connectivity index (χ4n) is 3.78. The van der Waals surface area contributed by atoms with E-state index in [0.717, 1.165) is 17.9 Å². The van der Waals surface area contributed by atoms with Crippen LogP contribution in [-0.4, -0.2) is 29.3 Å². The van der Waals surface area contributed by atoms with Crippen molar-refractivity contribution >= 4 is 17.5 Å². The number of para-hydroxylation sites is 1. The zero-order valence-corrected chi connectivity index (χ0v) is 13.6. The number of carbonyl (C=O) groups excluding carboxylic acids is 2. The van der Waals surface area contributed by atoms with E-state index in [1.54, 1.807) is 17.2 Å². The molecule has 5 nitrogen and oxygen atoms in total. The molecule has 1 aromatic carbocycles. The number of hydrogen-bond acceptors (Lipinski definition) is 3. The van der Waals surface area contributed by atoms with Crippen LogP contribution in [0.4, 0.5) is 5.69 Å². The second kappa shape index (κ2) is 5.82. The molecule has 2 atom stereocenters. The van der Waals surface area contributed by atoms with E-state index in [1.165, 1.54) is 5.56 Å². The molecule has 3 heterocycles. The van der Waals surface area contributed by atoms with Crippen LogP contribution >= 0.6 is 0 Å². The molecule has 1 aromatic heterocycles. The van der Waals surface area contributed by atoms with Gasteiger partial charge >= 0.3 is 0 Å². The molecule has 1 fully saturated rings. The van der Waals surface area contributed by atoms with Crippen LogP contribution < -0.4 is 4.90 Å². The number of anilines is 1. The Morgan fingerprint density at radius 2 is 2.04 bits per heavy atom. The Morgan fingerprint density at radius 3 is 2.83 bits per heavy atom. The van der Waals surface area contributed by atoms with Crippen LogP contribution in [0.1, 0.15) is 24.7 Å². The van der Waals surface area contributed by atoms with Gasteiger partial charge in [-0.2, -0.15) is 0 Å². The topological polar surface area (TPSA) is 53.8 Å². The second-order valence-electron chi connectivity index (χ2n) is 6.64. The minimum absolute atomic E-state index is 0.0184. The quantitative estimate of drug-likeness (QED) is 0.872. The van der Waals surface area contributed by atoms with E-state index >= 15 is 0 Å². The number of benzene rings is 1. The van der Waals surface area contributed by atoms with Gasteiger partial charge < -0.3 is 14.2 Å². The van der Waals surface area contributed by atoms with Crippen LogP contribution in [0.15, 0.2) is 47.1 Å². The monoisotopic (exact) mass is 324 g/mol. The first-order valence-corrected chi connectivity index (χ1v) is 8.34. The molecule has 124 valence electrons. The van der Waals surface area contributed by atoms with E-state index in [-0.39, 0.29) is 30.2 Å². The normalized spacial score (nSPS) is 23.0. The molecule has 0 spiro atoms. The Kier molecular flexibility index (Phi) is 3.63. The van der Waals surface area contributed by atoms with Crippen molar-refractivity contribution in [2.45, 2.75) is 32.4 Å². The maximum Gasteiger partial charge on any atom is 0.232 e. The van der Waals surface area contributed by atoms with Gasteiger partial charge in [-0.05, 0) is 37.1 Å². The van der Waals surface area contributed by atoms with Crippen LogP contribution in [-0.2, 0) is 22.6 Å². The van der Waals surface area contributed by atoms with Crippen molar-refractivity contribution in [3.8, 4) is 0 Å². The van der Waals surface area contributed by atoms with Gasteiger partial charge in [0.15, 0.2) is 0 Å². The lowest BCUT2D eigenvalue weighted by Crippen LogP contribution is -2.41. The molecule has 0 aliphatic carbocycles. The van der Waals surface area contributed by atoms with Gasteiger partial charge in [0, 0.05) is 24.7 Å². The Labute approximate surface area is 140 Å². The van der Waals surface area contributed by atoms with Gasteiger partial charge in [0.1, 0.15) is 5.76 Å². The van der Waals surface area contributed by atoms with E-state index in [0.29, 0.717) is 13.1 Å². The van der Waals surface area contributed by atoms with Gasteiger partial charge in [-0.1, -0.05) is 18.2 Å². The van der Waals surface area contributed by atoms with Gasteiger partial charge in [-0.15, -0.1) is 0 Å². The number of furan rings is 1. The summed E-state index contributed by atoms with van der Waals surface area (Å²) in [7, 11) is 0. The maximum atomic E-state index is 13.0. The summed E-state index contributed by atoms with van der Waals surface area (Å²) in [6, 6.07) is 11.8. The lowest BCUT2D eigenvalue weighted by Gasteiger charge is -2.25. The Balaban J connectivity index is 1.50. The number of amides is 2. The summed E-state index contributed by atoms with van der Waals surface area (Å²) < 4.78 is 5.31. The van der Waals surface area contributed by atoms with Crippen LogP contribution in [0, 0.1) is 5.92 Å². The van der Waals surface area contributed by atoms with Crippen molar-refractivity contribution in [3.05, 3.63) is 54.0 Å². The minimum atomic E-state index is -0.277. The number of likely N-dealkylation sites (tertiary alicyclic amines) is 1. The fraction of sp³-hybridized carbons (Fsp3) is 0.368. The number of nitrogens with zero attached hydrogens (tertiary/aromatic N) is 2. The molecule has 24 heavy (non-hydrogen) atoms. The van der Waals surface area contributed by atoms with Crippen LogP contribution in [0.2, 0.25) is 0 Å². The SMILES string of the molecule is CC1Cc2ccccc2N1C(=O)C1CC(=O)N(Cc2ccco2)C1. The van der Waals surface area contributed by atoms with Crippen molar-refractivity contribution in [3.63, 3.8) is 0 Å². The maximum absolute atomic E-state index is 13.0. The van der Waals surface area contributed by atoms with E-state index in [1.807, 2.05) is 29.2 Å². The van der Waals surface area contributed by atoms with Crippen LogP contribution in [0.5, 0.6) is 0 Å². The van der Waals surface area contributed by atoms with Gasteiger partial charge in [0.25, 0.3) is 0 Å². The van der Waals surface area contributed by atoms with Gasteiger partial charge in [-0.3, -0.25) is 9.59 Å². The summed E-state index contributed by atoms with van der Waals surface area (Å²) in [5, 5.41) is 0. The summed E-state index contributed by atoms with van der Waals surface area (Å²) in [6.45, 7) is 2.96. The third-order valence-electron chi connectivity index (χ3n) is 4.94. The van der Waals surface area contributed by atoms with Crippen molar-refractivity contribution in [2.75, 3.05) is 11.4 Å². The summed E-state index contributed by atoms with van der Waals surface area (Å²) in [5.74, 6) is 0.546. The van der Waals surface area contributed by atoms with Crippen molar-refractivity contribution < 1.29 is 14.0 Å². The standard InChI is InChI=1S/C19H20N2O3/c1-13-9-14-5-2-3-7-17(14)21(13)19(23)15-10-18(22)20(11-15)12-16-6-4-8-24-16/h2-8,13,15H,9-12H2,1H3. The number of fused-ring (bicyclic) bond motifs is 1. The molecule has 5 heteroatoms. The summed E-state index contributed by atoms with van der Waals surface area (Å²) >= 11 is 0. The molecule has 2 unspecified atom stereocenters. The van der Waals surface area contributed by atoms with E-state index in [2.05, 4.69) is 13.0 Å². The molecular weight excluding hydrogens is 304 g/mol.